The van der Waals surface area contributed by atoms with Crippen LogP contribution in [0.25, 0.3) is 11.3 Å². The third-order valence-electron chi connectivity index (χ3n) is 2.80. The molecular weight excluding hydrogens is 200 g/mol. The van der Waals surface area contributed by atoms with Gasteiger partial charge in [0.25, 0.3) is 0 Å². The highest BCUT2D eigenvalue weighted by Crippen LogP contribution is 2.33. The lowest BCUT2D eigenvalue weighted by Gasteiger charge is -2.08. The maximum absolute atomic E-state index is 10.0. The Bertz CT molecular complexity index is 515. The number of aryl methyl sites for hydroxylation is 3. The minimum atomic E-state index is 0.288. The fourth-order valence-corrected chi connectivity index (χ4v) is 1.91. The van der Waals surface area contributed by atoms with E-state index < -0.39 is 0 Å². The average molecular weight is 216 g/mol. The smallest absolute Gasteiger partial charge is 0.164 e. The summed E-state index contributed by atoms with van der Waals surface area (Å²) in [6.07, 6.45) is 0. The first-order valence-electron chi connectivity index (χ1n) is 5.47. The molecule has 2 rings (SSSR count). The topological polar surface area (TPSA) is 38.0 Å². The van der Waals surface area contributed by atoms with Crippen LogP contribution in [0.4, 0.5) is 0 Å². The molecule has 1 aromatic heterocycles. The van der Waals surface area contributed by atoms with Gasteiger partial charge in [-0.15, -0.1) is 0 Å². The van der Waals surface area contributed by atoms with Crippen LogP contribution < -0.4 is 0 Å². The molecule has 0 saturated heterocycles. The van der Waals surface area contributed by atoms with Gasteiger partial charge in [-0.2, -0.15) is 5.10 Å². The first-order valence-corrected chi connectivity index (χ1v) is 5.47. The summed E-state index contributed by atoms with van der Waals surface area (Å²) in [5.74, 6) is 0.288. The lowest BCUT2D eigenvalue weighted by molar-refractivity contribution is 0.472. The average Bonchev–Trinajstić information content (AvgIpc) is 2.56. The molecule has 1 aromatic carbocycles. The number of aromatic hydroxyl groups is 1. The first-order chi connectivity index (χ1) is 7.65. The van der Waals surface area contributed by atoms with Crippen molar-refractivity contribution in [2.75, 3.05) is 0 Å². The summed E-state index contributed by atoms with van der Waals surface area (Å²) in [4.78, 5) is 0. The molecule has 0 aliphatic heterocycles. The van der Waals surface area contributed by atoms with Gasteiger partial charge in [0.2, 0.25) is 0 Å². The molecule has 0 bridgehead atoms. The number of hydrogen-bond donors (Lipinski definition) is 1. The lowest BCUT2D eigenvalue weighted by atomic mass is 10.0. The number of nitrogens with zero attached hydrogens (tertiary/aromatic N) is 2. The van der Waals surface area contributed by atoms with Gasteiger partial charge in [-0.1, -0.05) is 24.3 Å². The summed E-state index contributed by atoms with van der Waals surface area (Å²) in [5, 5.41) is 14.4. The van der Waals surface area contributed by atoms with E-state index in [9.17, 15) is 5.11 Å². The number of hydrogen-bond acceptors (Lipinski definition) is 2. The van der Waals surface area contributed by atoms with Crippen LogP contribution in [0.2, 0.25) is 0 Å². The van der Waals surface area contributed by atoms with Crippen molar-refractivity contribution in [2.45, 2.75) is 27.3 Å². The molecule has 2 aromatic rings. The fraction of sp³-hybridized carbons (Fsp3) is 0.308. The van der Waals surface area contributed by atoms with Crippen molar-refractivity contribution in [3.63, 3.8) is 0 Å². The van der Waals surface area contributed by atoms with Gasteiger partial charge in [-0.05, 0) is 26.3 Å². The van der Waals surface area contributed by atoms with E-state index in [0.29, 0.717) is 5.69 Å². The minimum Gasteiger partial charge on any atom is -0.504 e. The van der Waals surface area contributed by atoms with Gasteiger partial charge in [0.05, 0.1) is 0 Å². The van der Waals surface area contributed by atoms with E-state index in [1.165, 1.54) is 0 Å². The zero-order valence-electron chi connectivity index (χ0n) is 9.86. The van der Waals surface area contributed by atoms with Gasteiger partial charge < -0.3 is 5.11 Å². The number of benzene rings is 1. The van der Waals surface area contributed by atoms with Crippen molar-refractivity contribution >= 4 is 0 Å². The van der Waals surface area contributed by atoms with Crippen molar-refractivity contribution in [2.24, 2.45) is 0 Å². The quantitative estimate of drug-likeness (QED) is 0.838. The van der Waals surface area contributed by atoms with E-state index in [1.54, 1.807) is 0 Å². The molecule has 3 nitrogen and oxygen atoms in total. The first kappa shape index (κ1) is 10.7. The minimum absolute atomic E-state index is 0.288. The molecule has 1 N–H and O–H groups in total. The largest absolute Gasteiger partial charge is 0.504 e. The molecule has 16 heavy (non-hydrogen) atoms. The Labute approximate surface area is 95.3 Å². The Kier molecular flexibility index (Phi) is 2.69. The van der Waals surface area contributed by atoms with Gasteiger partial charge >= 0.3 is 0 Å². The van der Waals surface area contributed by atoms with E-state index in [-0.39, 0.29) is 5.75 Å². The molecule has 0 amide bonds. The standard InChI is InChI=1S/C13H16N2O/c1-4-15-12(13(16)10(3)14-15)11-8-6-5-7-9(11)2/h5-8,16H,4H2,1-3H3. The van der Waals surface area contributed by atoms with Crippen LogP contribution >= 0.6 is 0 Å². The Balaban J connectivity index is 2.68. The molecule has 0 fully saturated rings. The molecular formula is C13H16N2O. The Morgan fingerprint density at radius 1 is 1.25 bits per heavy atom. The molecule has 0 saturated carbocycles. The van der Waals surface area contributed by atoms with Crippen LogP contribution in [-0.4, -0.2) is 14.9 Å². The van der Waals surface area contributed by atoms with Crippen molar-refractivity contribution in [1.82, 2.24) is 9.78 Å². The van der Waals surface area contributed by atoms with E-state index in [2.05, 4.69) is 5.10 Å². The normalized spacial score (nSPS) is 10.7. The molecule has 1 heterocycles. The summed E-state index contributed by atoms with van der Waals surface area (Å²) in [6.45, 7) is 6.64. The highest BCUT2D eigenvalue weighted by atomic mass is 16.3. The maximum Gasteiger partial charge on any atom is 0.164 e. The Hall–Kier alpha value is -1.77. The highest BCUT2D eigenvalue weighted by Gasteiger charge is 2.16. The van der Waals surface area contributed by atoms with Crippen molar-refractivity contribution in [3.05, 3.63) is 35.5 Å². The van der Waals surface area contributed by atoms with Gasteiger partial charge in [0, 0.05) is 12.1 Å². The number of aromatic nitrogens is 2. The maximum atomic E-state index is 10.0. The molecule has 0 spiro atoms. The fourth-order valence-electron chi connectivity index (χ4n) is 1.91. The van der Waals surface area contributed by atoms with Gasteiger partial charge in [-0.25, -0.2) is 0 Å². The van der Waals surface area contributed by atoms with Gasteiger partial charge in [0.1, 0.15) is 11.4 Å². The van der Waals surface area contributed by atoms with Crippen LogP contribution in [0.15, 0.2) is 24.3 Å². The van der Waals surface area contributed by atoms with Crippen LogP contribution in [0.3, 0.4) is 0 Å². The van der Waals surface area contributed by atoms with Crippen LogP contribution in [-0.2, 0) is 6.54 Å². The zero-order chi connectivity index (χ0) is 11.7. The van der Waals surface area contributed by atoms with Crippen LogP contribution in [0, 0.1) is 13.8 Å². The molecule has 84 valence electrons. The van der Waals surface area contributed by atoms with E-state index in [4.69, 9.17) is 0 Å². The summed E-state index contributed by atoms with van der Waals surface area (Å²) in [5.41, 5.74) is 3.69. The molecule has 3 heteroatoms. The van der Waals surface area contributed by atoms with Crippen molar-refractivity contribution in [3.8, 4) is 17.0 Å². The second kappa shape index (κ2) is 4.00. The molecule has 0 atom stereocenters. The van der Waals surface area contributed by atoms with Crippen LogP contribution in [0.5, 0.6) is 5.75 Å². The monoisotopic (exact) mass is 216 g/mol. The second-order valence-electron chi connectivity index (χ2n) is 3.91. The van der Waals surface area contributed by atoms with Crippen molar-refractivity contribution < 1.29 is 5.11 Å². The predicted octanol–water partition coefficient (Wildman–Crippen LogP) is 2.89. The lowest BCUT2D eigenvalue weighted by Crippen LogP contribution is -2.00. The predicted molar refractivity (Wildman–Crippen MR) is 64.5 cm³/mol. The van der Waals surface area contributed by atoms with Crippen LogP contribution in [0.1, 0.15) is 18.2 Å². The van der Waals surface area contributed by atoms with E-state index in [0.717, 1.165) is 23.4 Å². The summed E-state index contributed by atoms with van der Waals surface area (Å²) in [6, 6.07) is 8.02. The SMILES string of the molecule is CCn1nc(C)c(O)c1-c1ccccc1C. The van der Waals surface area contributed by atoms with Gasteiger partial charge in [-0.3, -0.25) is 4.68 Å². The zero-order valence-corrected chi connectivity index (χ0v) is 9.86. The third kappa shape index (κ3) is 1.58. The van der Waals surface area contributed by atoms with E-state index in [1.807, 2.05) is 49.7 Å². The molecule has 0 unspecified atom stereocenters. The molecule has 0 radical (unpaired) electrons. The Morgan fingerprint density at radius 3 is 2.56 bits per heavy atom. The Morgan fingerprint density at radius 2 is 1.94 bits per heavy atom. The second-order valence-corrected chi connectivity index (χ2v) is 3.91. The van der Waals surface area contributed by atoms with E-state index >= 15 is 0 Å². The molecule has 0 aliphatic rings. The van der Waals surface area contributed by atoms with Crippen molar-refractivity contribution in [1.29, 1.82) is 0 Å². The highest BCUT2D eigenvalue weighted by molar-refractivity contribution is 5.70. The third-order valence-corrected chi connectivity index (χ3v) is 2.80. The van der Waals surface area contributed by atoms with Gasteiger partial charge in [0.15, 0.2) is 5.75 Å². The number of rotatable bonds is 2. The molecule has 0 aliphatic carbocycles. The summed E-state index contributed by atoms with van der Waals surface area (Å²) < 4.78 is 1.84. The summed E-state index contributed by atoms with van der Waals surface area (Å²) >= 11 is 0. The summed E-state index contributed by atoms with van der Waals surface area (Å²) in [7, 11) is 0.